The van der Waals surface area contributed by atoms with Crippen LogP contribution in [-0.4, -0.2) is 46.1 Å². The van der Waals surface area contributed by atoms with Gasteiger partial charge in [0.1, 0.15) is 0 Å². The standard InChI is InChI=1S/C23H30ClNO3/c1-2-6-21(23(24)13-9-19(10-14-23)22(26)27)25-15-11-20(12-16-25)28-17-18-7-4-3-5-8-18/h3-5,7-10,13-14,19-21H,2,6,11-12,15-17H2,1H3,(H,26,27). The number of hydrogen-bond donors (Lipinski definition) is 1. The number of hydrogen-bond acceptors (Lipinski definition) is 3. The van der Waals surface area contributed by atoms with Gasteiger partial charge in [0, 0.05) is 19.1 Å². The summed E-state index contributed by atoms with van der Waals surface area (Å²) in [6.07, 6.45) is 11.5. The number of likely N-dealkylation sites (tertiary alicyclic amines) is 1. The molecule has 3 rings (SSSR count). The fourth-order valence-corrected chi connectivity index (χ4v) is 4.50. The second-order valence-corrected chi connectivity index (χ2v) is 8.40. The van der Waals surface area contributed by atoms with Crippen LogP contribution in [0.5, 0.6) is 0 Å². The van der Waals surface area contributed by atoms with E-state index in [1.807, 2.05) is 30.4 Å². The molecule has 152 valence electrons. The van der Waals surface area contributed by atoms with Gasteiger partial charge >= 0.3 is 5.97 Å². The number of ether oxygens (including phenoxy) is 1. The van der Waals surface area contributed by atoms with Crippen molar-refractivity contribution in [2.24, 2.45) is 5.92 Å². The van der Waals surface area contributed by atoms with Gasteiger partial charge in [-0.25, -0.2) is 0 Å². The van der Waals surface area contributed by atoms with Crippen molar-refractivity contribution < 1.29 is 14.6 Å². The van der Waals surface area contributed by atoms with Gasteiger partial charge in [-0.2, -0.15) is 0 Å². The molecule has 0 spiro atoms. The molecule has 0 aromatic heterocycles. The van der Waals surface area contributed by atoms with Crippen LogP contribution in [0.2, 0.25) is 0 Å². The lowest BCUT2D eigenvalue weighted by molar-refractivity contribution is -0.138. The first-order chi connectivity index (χ1) is 13.5. The number of carbonyl (C=O) groups is 1. The number of benzene rings is 1. The van der Waals surface area contributed by atoms with Gasteiger partial charge in [0.25, 0.3) is 0 Å². The first kappa shape index (κ1) is 21.1. The normalized spacial score (nSPS) is 27.0. The van der Waals surface area contributed by atoms with Crippen molar-refractivity contribution in [3.8, 4) is 0 Å². The van der Waals surface area contributed by atoms with E-state index in [2.05, 4.69) is 24.0 Å². The molecule has 1 aromatic carbocycles. The Morgan fingerprint density at radius 3 is 2.46 bits per heavy atom. The zero-order valence-corrected chi connectivity index (χ0v) is 17.2. The number of carboxylic acid groups (broad SMARTS) is 1. The van der Waals surface area contributed by atoms with Gasteiger partial charge in [-0.05, 0) is 24.8 Å². The number of halogens is 1. The second kappa shape index (κ2) is 9.73. The SMILES string of the molecule is CCCC(N1CCC(OCc2ccccc2)CC1)C1(Cl)C=CC(C(=O)O)C=C1. The topological polar surface area (TPSA) is 49.8 Å². The Morgan fingerprint density at radius 2 is 1.89 bits per heavy atom. The number of aliphatic carboxylic acids is 1. The third-order valence-electron chi connectivity index (χ3n) is 5.72. The largest absolute Gasteiger partial charge is 0.481 e. The molecule has 0 radical (unpaired) electrons. The summed E-state index contributed by atoms with van der Waals surface area (Å²) in [5.74, 6) is -1.42. The zero-order valence-electron chi connectivity index (χ0n) is 16.5. The van der Waals surface area contributed by atoms with Crippen LogP contribution in [0.3, 0.4) is 0 Å². The highest BCUT2D eigenvalue weighted by Gasteiger charge is 2.39. The Bertz CT molecular complexity index is 681. The fraction of sp³-hybridized carbons (Fsp3) is 0.522. The number of carboxylic acids is 1. The lowest BCUT2D eigenvalue weighted by Crippen LogP contribution is -2.52. The van der Waals surface area contributed by atoms with E-state index in [0.29, 0.717) is 6.61 Å². The van der Waals surface area contributed by atoms with Crippen molar-refractivity contribution >= 4 is 17.6 Å². The quantitative estimate of drug-likeness (QED) is 0.507. The number of piperidine rings is 1. The molecule has 1 heterocycles. The molecule has 1 saturated heterocycles. The van der Waals surface area contributed by atoms with E-state index >= 15 is 0 Å². The summed E-state index contributed by atoms with van der Waals surface area (Å²) < 4.78 is 6.12. The maximum atomic E-state index is 11.2. The Kier molecular flexibility index (Phi) is 7.33. The molecular weight excluding hydrogens is 374 g/mol. The minimum atomic E-state index is -0.838. The second-order valence-electron chi connectivity index (χ2n) is 7.75. The van der Waals surface area contributed by atoms with E-state index in [4.69, 9.17) is 16.3 Å². The smallest absolute Gasteiger partial charge is 0.314 e. The average Bonchev–Trinajstić information content (AvgIpc) is 2.72. The van der Waals surface area contributed by atoms with E-state index < -0.39 is 16.8 Å². The predicted octanol–water partition coefficient (Wildman–Crippen LogP) is 4.64. The van der Waals surface area contributed by atoms with Gasteiger partial charge in [-0.15, -0.1) is 11.6 Å². The van der Waals surface area contributed by atoms with E-state index in [-0.39, 0.29) is 12.1 Å². The molecule has 2 aliphatic rings. The third-order valence-corrected chi connectivity index (χ3v) is 6.23. The summed E-state index contributed by atoms with van der Waals surface area (Å²) in [6, 6.07) is 10.4. The molecule has 5 heteroatoms. The van der Waals surface area contributed by atoms with E-state index in [1.165, 1.54) is 5.56 Å². The van der Waals surface area contributed by atoms with Crippen LogP contribution in [0.25, 0.3) is 0 Å². The van der Waals surface area contributed by atoms with Crippen LogP contribution < -0.4 is 0 Å². The fourth-order valence-electron chi connectivity index (χ4n) is 4.11. The average molecular weight is 404 g/mol. The van der Waals surface area contributed by atoms with Crippen molar-refractivity contribution in [2.75, 3.05) is 13.1 Å². The van der Waals surface area contributed by atoms with E-state index in [9.17, 15) is 9.90 Å². The Hall–Kier alpha value is -1.62. The van der Waals surface area contributed by atoms with Crippen molar-refractivity contribution in [1.82, 2.24) is 4.90 Å². The molecule has 28 heavy (non-hydrogen) atoms. The first-order valence-corrected chi connectivity index (χ1v) is 10.6. The summed E-state index contributed by atoms with van der Waals surface area (Å²) >= 11 is 6.96. The zero-order chi connectivity index (χ0) is 20.0. The minimum absolute atomic E-state index is 0.163. The van der Waals surface area contributed by atoms with E-state index in [1.54, 1.807) is 12.2 Å². The Morgan fingerprint density at radius 1 is 1.25 bits per heavy atom. The molecule has 1 aliphatic heterocycles. The maximum absolute atomic E-state index is 11.2. The van der Waals surface area contributed by atoms with Crippen molar-refractivity contribution in [3.05, 3.63) is 60.2 Å². The van der Waals surface area contributed by atoms with Gasteiger partial charge in [-0.1, -0.05) is 68.0 Å². The van der Waals surface area contributed by atoms with Crippen molar-refractivity contribution in [3.63, 3.8) is 0 Å². The molecule has 1 unspecified atom stereocenters. The lowest BCUT2D eigenvalue weighted by Gasteiger charge is -2.44. The summed E-state index contributed by atoms with van der Waals surface area (Å²) in [5, 5.41) is 9.19. The van der Waals surface area contributed by atoms with Gasteiger partial charge < -0.3 is 9.84 Å². The van der Waals surface area contributed by atoms with Gasteiger partial charge in [0.2, 0.25) is 0 Å². The molecule has 1 fully saturated rings. The van der Waals surface area contributed by atoms with Crippen LogP contribution in [0, 0.1) is 5.92 Å². The lowest BCUT2D eigenvalue weighted by atomic mass is 9.86. The highest BCUT2D eigenvalue weighted by molar-refractivity contribution is 6.27. The van der Waals surface area contributed by atoms with Crippen molar-refractivity contribution in [2.45, 2.75) is 56.2 Å². The molecule has 1 N–H and O–H groups in total. The van der Waals surface area contributed by atoms with Crippen LogP contribution in [0.1, 0.15) is 38.2 Å². The number of rotatable bonds is 8. The molecular formula is C23H30ClNO3. The van der Waals surface area contributed by atoms with Crippen LogP contribution in [0.4, 0.5) is 0 Å². The molecule has 1 aliphatic carbocycles. The highest BCUT2D eigenvalue weighted by atomic mass is 35.5. The van der Waals surface area contributed by atoms with Crippen LogP contribution in [-0.2, 0) is 16.1 Å². The summed E-state index contributed by atoms with van der Waals surface area (Å²) in [6.45, 7) is 4.72. The Labute approximate surface area is 172 Å². The maximum Gasteiger partial charge on any atom is 0.314 e. The first-order valence-electron chi connectivity index (χ1n) is 10.2. The van der Waals surface area contributed by atoms with E-state index in [0.717, 1.165) is 38.8 Å². The number of alkyl halides is 1. The minimum Gasteiger partial charge on any atom is -0.481 e. The molecule has 1 aromatic rings. The van der Waals surface area contributed by atoms with Crippen LogP contribution in [0.15, 0.2) is 54.6 Å². The monoisotopic (exact) mass is 403 g/mol. The molecule has 0 bridgehead atoms. The van der Waals surface area contributed by atoms with Crippen LogP contribution >= 0.6 is 11.6 Å². The molecule has 0 amide bonds. The highest BCUT2D eigenvalue weighted by Crippen LogP contribution is 2.36. The molecule has 1 atom stereocenters. The number of nitrogens with zero attached hydrogens (tertiary/aromatic N) is 1. The van der Waals surface area contributed by atoms with Crippen molar-refractivity contribution in [1.29, 1.82) is 0 Å². The van der Waals surface area contributed by atoms with Gasteiger partial charge in [0.15, 0.2) is 0 Å². The Balaban J connectivity index is 1.56. The predicted molar refractivity (Wildman–Crippen MR) is 113 cm³/mol. The summed E-state index contributed by atoms with van der Waals surface area (Å²) in [5.41, 5.74) is 1.21. The van der Waals surface area contributed by atoms with Gasteiger partial charge in [0.05, 0.1) is 23.5 Å². The summed E-state index contributed by atoms with van der Waals surface area (Å²) in [7, 11) is 0. The van der Waals surface area contributed by atoms with Gasteiger partial charge in [-0.3, -0.25) is 9.69 Å². The third kappa shape index (κ3) is 5.25. The molecule has 0 saturated carbocycles. The summed E-state index contributed by atoms with van der Waals surface area (Å²) in [4.78, 5) is 13.0. The molecule has 4 nitrogen and oxygen atoms in total.